The highest BCUT2D eigenvalue weighted by molar-refractivity contribution is 5.69. The Bertz CT molecular complexity index is 541. The zero-order valence-electron chi connectivity index (χ0n) is 14.6. The monoisotopic (exact) mass is 354 g/mol. The van der Waals surface area contributed by atoms with E-state index < -0.39 is 11.9 Å². The summed E-state index contributed by atoms with van der Waals surface area (Å²) in [4.78, 5) is 11.8. The van der Waals surface area contributed by atoms with Crippen molar-refractivity contribution in [3.05, 3.63) is 29.8 Å². The van der Waals surface area contributed by atoms with Gasteiger partial charge in [0.05, 0.1) is 13.2 Å². The van der Waals surface area contributed by atoms with Gasteiger partial charge in [-0.2, -0.15) is 0 Å². The number of hydrogen-bond donors (Lipinski definition) is 2. The molecule has 1 aromatic rings. The van der Waals surface area contributed by atoms with E-state index in [1.54, 1.807) is 12.1 Å². The van der Waals surface area contributed by atoms with Gasteiger partial charge in [0.1, 0.15) is 31.2 Å². The Balaban J connectivity index is 1.66. The number of aliphatic hydroxyl groups is 2. The van der Waals surface area contributed by atoms with E-state index in [2.05, 4.69) is 0 Å². The van der Waals surface area contributed by atoms with Crippen LogP contribution in [-0.4, -0.2) is 60.6 Å². The van der Waals surface area contributed by atoms with Crippen molar-refractivity contribution in [1.82, 2.24) is 0 Å². The van der Waals surface area contributed by atoms with Crippen molar-refractivity contribution in [2.45, 2.75) is 44.7 Å². The molecule has 1 saturated heterocycles. The molecule has 0 aromatic heterocycles. The van der Waals surface area contributed by atoms with E-state index in [0.29, 0.717) is 18.8 Å². The Morgan fingerprint density at radius 3 is 2.68 bits per heavy atom. The van der Waals surface area contributed by atoms with E-state index in [4.69, 9.17) is 24.1 Å². The van der Waals surface area contributed by atoms with Crippen LogP contribution >= 0.6 is 0 Å². The SMILES string of the molecule is CC1(C)OC[C@@H](COC(=O)CCc2ccc(OC[C@@H](O)CO)cc2)O1. The fourth-order valence-corrected chi connectivity index (χ4v) is 2.35. The summed E-state index contributed by atoms with van der Waals surface area (Å²) in [6.07, 6.45) is -0.273. The van der Waals surface area contributed by atoms with Gasteiger partial charge in [-0.25, -0.2) is 0 Å². The Morgan fingerprint density at radius 1 is 1.36 bits per heavy atom. The third-order valence-corrected chi connectivity index (χ3v) is 3.69. The van der Waals surface area contributed by atoms with E-state index in [1.165, 1.54) is 0 Å². The third kappa shape index (κ3) is 6.99. The van der Waals surface area contributed by atoms with Crippen LogP contribution in [0, 0.1) is 0 Å². The number of aryl methyl sites for hydroxylation is 1. The Morgan fingerprint density at radius 2 is 2.08 bits per heavy atom. The molecular weight excluding hydrogens is 328 g/mol. The number of aliphatic hydroxyl groups excluding tert-OH is 2. The molecule has 0 saturated carbocycles. The third-order valence-electron chi connectivity index (χ3n) is 3.69. The van der Waals surface area contributed by atoms with Gasteiger partial charge >= 0.3 is 5.97 Å². The van der Waals surface area contributed by atoms with Crippen molar-refractivity contribution in [3.63, 3.8) is 0 Å². The molecule has 2 rings (SSSR count). The van der Waals surface area contributed by atoms with Crippen LogP contribution in [0.2, 0.25) is 0 Å². The summed E-state index contributed by atoms with van der Waals surface area (Å²) in [7, 11) is 0. The first kappa shape index (κ1) is 19.7. The second-order valence-electron chi connectivity index (χ2n) is 6.43. The van der Waals surface area contributed by atoms with Crippen LogP contribution in [0.4, 0.5) is 0 Å². The van der Waals surface area contributed by atoms with E-state index in [1.807, 2.05) is 26.0 Å². The lowest BCUT2D eigenvalue weighted by atomic mass is 10.1. The summed E-state index contributed by atoms with van der Waals surface area (Å²) in [5.41, 5.74) is 0.980. The number of carbonyl (C=O) groups excluding carboxylic acids is 1. The highest BCUT2D eigenvalue weighted by atomic mass is 16.7. The molecule has 2 N–H and O–H groups in total. The predicted octanol–water partition coefficient (Wildman–Crippen LogP) is 1.05. The fourth-order valence-electron chi connectivity index (χ4n) is 2.35. The van der Waals surface area contributed by atoms with Gasteiger partial charge in [-0.3, -0.25) is 4.79 Å². The summed E-state index contributed by atoms with van der Waals surface area (Å²) in [5.74, 6) is -0.298. The molecule has 0 amide bonds. The number of esters is 1. The summed E-state index contributed by atoms with van der Waals surface area (Å²) >= 11 is 0. The van der Waals surface area contributed by atoms with Crippen LogP contribution in [0.3, 0.4) is 0 Å². The maximum absolute atomic E-state index is 11.8. The van der Waals surface area contributed by atoms with Crippen molar-refractivity contribution in [2.75, 3.05) is 26.4 Å². The number of hydrogen-bond acceptors (Lipinski definition) is 7. The molecule has 25 heavy (non-hydrogen) atoms. The summed E-state index contributed by atoms with van der Waals surface area (Å²) in [5, 5.41) is 18.0. The minimum atomic E-state index is -0.894. The summed E-state index contributed by atoms with van der Waals surface area (Å²) < 4.78 is 21.5. The topological polar surface area (TPSA) is 94.5 Å². The van der Waals surface area contributed by atoms with Gasteiger partial charge < -0.3 is 29.2 Å². The standard InChI is InChI=1S/C18H26O7/c1-18(2)24-12-16(25-18)11-23-17(21)8-5-13-3-6-15(7-4-13)22-10-14(20)9-19/h3-4,6-7,14,16,19-20H,5,8-12H2,1-2H3/t14-,16+/m0/s1. The lowest BCUT2D eigenvalue weighted by molar-refractivity contribution is -0.158. The van der Waals surface area contributed by atoms with Crippen LogP contribution in [0.25, 0.3) is 0 Å². The van der Waals surface area contributed by atoms with Gasteiger partial charge in [-0.15, -0.1) is 0 Å². The van der Waals surface area contributed by atoms with Crippen molar-refractivity contribution >= 4 is 5.97 Å². The van der Waals surface area contributed by atoms with Gasteiger partial charge in [0.15, 0.2) is 5.79 Å². The molecule has 0 aliphatic carbocycles. The number of benzene rings is 1. The highest BCUT2D eigenvalue weighted by Crippen LogP contribution is 2.22. The minimum absolute atomic E-state index is 0.0337. The molecule has 1 heterocycles. The fraction of sp³-hybridized carbons (Fsp3) is 0.611. The second kappa shape index (κ2) is 9.15. The first-order valence-electron chi connectivity index (χ1n) is 8.36. The number of rotatable bonds is 9. The van der Waals surface area contributed by atoms with Gasteiger partial charge in [-0.1, -0.05) is 12.1 Å². The smallest absolute Gasteiger partial charge is 0.306 e. The lowest BCUT2D eigenvalue weighted by Gasteiger charge is -2.17. The minimum Gasteiger partial charge on any atom is -0.491 e. The average molecular weight is 354 g/mol. The summed E-state index contributed by atoms with van der Waals surface area (Å²) in [6.45, 7) is 3.97. The van der Waals surface area contributed by atoms with E-state index in [0.717, 1.165) is 5.56 Å². The van der Waals surface area contributed by atoms with Crippen LogP contribution in [0.5, 0.6) is 5.75 Å². The second-order valence-corrected chi connectivity index (χ2v) is 6.43. The molecular formula is C18H26O7. The van der Waals surface area contributed by atoms with Gasteiger partial charge in [0, 0.05) is 6.42 Å². The van der Waals surface area contributed by atoms with Crippen LogP contribution < -0.4 is 4.74 Å². The molecule has 1 aliphatic heterocycles. The van der Waals surface area contributed by atoms with Gasteiger partial charge in [-0.05, 0) is 38.0 Å². The molecule has 7 nitrogen and oxygen atoms in total. The number of carbonyl (C=O) groups is 1. The molecule has 1 aromatic carbocycles. The first-order chi connectivity index (χ1) is 11.9. The van der Waals surface area contributed by atoms with Crippen molar-refractivity contribution < 1.29 is 34.0 Å². The summed E-state index contributed by atoms with van der Waals surface area (Å²) in [6, 6.07) is 7.22. The molecule has 1 fully saturated rings. The number of ether oxygens (including phenoxy) is 4. The van der Waals surface area contributed by atoms with Crippen LogP contribution in [-0.2, 0) is 25.4 Å². The van der Waals surface area contributed by atoms with Crippen molar-refractivity contribution in [3.8, 4) is 5.75 Å². The highest BCUT2D eigenvalue weighted by Gasteiger charge is 2.33. The largest absolute Gasteiger partial charge is 0.491 e. The maximum Gasteiger partial charge on any atom is 0.306 e. The van der Waals surface area contributed by atoms with Gasteiger partial charge in [0.2, 0.25) is 0 Å². The Labute approximate surface area is 147 Å². The first-order valence-corrected chi connectivity index (χ1v) is 8.36. The predicted molar refractivity (Wildman–Crippen MR) is 89.2 cm³/mol. The van der Waals surface area contributed by atoms with Crippen molar-refractivity contribution in [2.24, 2.45) is 0 Å². The molecule has 7 heteroatoms. The van der Waals surface area contributed by atoms with Crippen molar-refractivity contribution in [1.29, 1.82) is 0 Å². The zero-order chi connectivity index (χ0) is 18.3. The molecule has 0 bridgehead atoms. The normalized spacial score (nSPS) is 20.2. The Hall–Kier alpha value is -1.67. The van der Waals surface area contributed by atoms with E-state index in [9.17, 15) is 9.90 Å². The quantitative estimate of drug-likeness (QED) is 0.640. The molecule has 0 unspecified atom stereocenters. The molecule has 140 valence electrons. The molecule has 0 spiro atoms. The zero-order valence-corrected chi connectivity index (χ0v) is 14.6. The van der Waals surface area contributed by atoms with E-state index >= 15 is 0 Å². The Kier molecular flexibility index (Phi) is 7.19. The lowest BCUT2D eigenvalue weighted by Crippen LogP contribution is -2.25. The molecule has 0 radical (unpaired) electrons. The van der Waals surface area contributed by atoms with Crippen LogP contribution in [0.15, 0.2) is 24.3 Å². The average Bonchev–Trinajstić information content (AvgIpc) is 2.95. The van der Waals surface area contributed by atoms with Crippen LogP contribution in [0.1, 0.15) is 25.8 Å². The maximum atomic E-state index is 11.8. The molecule has 1 aliphatic rings. The molecule has 2 atom stereocenters. The van der Waals surface area contributed by atoms with E-state index in [-0.39, 0.29) is 38.3 Å². The van der Waals surface area contributed by atoms with Gasteiger partial charge in [0.25, 0.3) is 0 Å².